The van der Waals surface area contributed by atoms with Gasteiger partial charge in [-0.05, 0) is 31.6 Å². The third kappa shape index (κ3) is 74.1. The van der Waals surface area contributed by atoms with Gasteiger partial charge in [0.25, 0.3) is 0 Å². The third-order valence-electron chi connectivity index (χ3n) is 18.8. The number of aliphatic hydroxyl groups excluding tert-OH is 1. The van der Waals surface area contributed by atoms with Gasteiger partial charge in [0.05, 0.1) is 26.4 Å². The molecule has 0 fully saturated rings. The number of aliphatic hydroxyl groups is 1. The minimum Gasteiger partial charge on any atom is -0.462 e. The van der Waals surface area contributed by atoms with E-state index in [1.807, 2.05) is 0 Å². The molecule has 0 amide bonds. The van der Waals surface area contributed by atoms with E-state index in [1.54, 1.807) is 0 Å². The molecule has 0 aliphatic rings. The van der Waals surface area contributed by atoms with Crippen LogP contribution in [0, 0.1) is 5.92 Å². The number of carbonyl (C=O) groups is 4. The van der Waals surface area contributed by atoms with Gasteiger partial charge in [-0.2, -0.15) is 0 Å². The van der Waals surface area contributed by atoms with Gasteiger partial charge in [-0.25, -0.2) is 9.13 Å². The maximum atomic E-state index is 13.1. The molecule has 17 nitrogen and oxygen atoms in total. The van der Waals surface area contributed by atoms with E-state index in [2.05, 4.69) is 34.6 Å². The van der Waals surface area contributed by atoms with Gasteiger partial charge in [-0.3, -0.25) is 37.3 Å². The molecule has 3 N–H and O–H groups in total. The summed E-state index contributed by atoms with van der Waals surface area (Å²) < 4.78 is 68.6. The van der Waals surface area contributed by atoms with Gasteiger partial charge in [0.2, 0.25) is 0 Å². The third-order valence-corrected chi connectivity index (χ3v) is 20.7. The smallest absolute Gasteiger partial charge is 0.462 e. The summed E-state index contributed by atoms with van der Waals surface area (Å²) in [6.45, 7) is 7.32. The predicted octanol–water partition coefficient (Wildman–Crippen LogP) is 24.0. The van der Waals surface area contributed by atoms with Crippen molar-refractivity contribution in [1.29, 1.82) is 0 Å². The number of phosphoric ester groups is 2. The Morgan fingerprint density at radius 1 is 0.273 bits per heavy atom. The number of hydrogen-bond acceptors (Lipinski definition) is 15. The molecule has 2 unspecified atom stereocenters. The molecule has 0 aromatic rings. The normalized spacial score (nSPS) is 13.9. The number of hydrogen-bond donors (Lipinski definition) is 3. The van der Waals surface area contributed by atoms with Crippen molar-refractivity contribution in [2.45, 2.75) is 445 Å². The summed E-state index contributed by atoms with van der Waals surface area (Å²) >= 11 is 0. The monoisotopic (exact) mass is 1450 g/mol. The van der Waals surface area contributed by atoms with E-state index in [1.165, 1.54) is 238 Å². The lowest BCUT2D eigenvalue weighted by atomic mass is 10.0. The molecular formula is C80H156O17P2. The lowest BCUT2D eigenvalue weighted by molar-refractivity contribution is -0.161. The molecule has 0 aliphatic carbocycles. The van der Waals surface area contributed by atoms with Crippen molar-refractivity contribution >= 4 is 39.5 Å². The van der Waals surface area contributed by atoms with Crippen LogP contribution in [-0.2, 0) is 65.4 Å². The molecule has 0 aromatic carbocycles. The quantitative estimate of drug-likeness (QED) is 0.0222. The zero-order valence-electron chi connectivity index (χ0n) is 64.6. The number of unbranched alkanes of at least 4 members (excludes halogenated alkanes) is 52. The van der Waals surface area contributed by atoms with Crippen LogP contribution in [0.1, 0.15) is 426 Å². The highest BCUT2D eigenvalue weighted by Gasteiger charge is 2.30. The Balaban J connectivity index is 5.18. The Morgan fingerprint density at radius 2 is 0.465 bits per heavy atom. The first-order valence-electron chi connectivity index (χ1n) is 41.6. The number of rotatable bonds is 80. The summed E-state index contributed by atoms with van der Waals surface area (Å²) in [6, 6.07) is 0. The van der Waals surface area contributed by atoms with E-state index in [-0.39, 0.29) is 25.7 Å². The summed E-state index contributed by atoms with van der Waals surface area (Å²) in [7, 11) is -9.91. The molecule has 0 rings (SSSR count). The molecule has 0 radical (unpaired) electrons. The molecule has 19 heteroatoms. The molecular weight excluding hydrogens is 1290 g/mol. The van der Waals surface area contributed by atoms with Crippen LogP contribution in [-0.4, -0.2) is 96.7 Å². The van der Waals surface area contributed by atoms with Crippen molar-refractivity contribution < 1.29 is 80.2 Å². The lowest BCUT2D eigenvalue weighted by Gasteiger charge is -2.21. The standard InChI is InChI=1S/C80H156O17P2/c1-6-9-12-15-18-20-22-24-26-27-28-33-36-40-44-49-54-59-64-78(83)91-70-76(97-80(85)66-61-56-51-46-42-38-34-30-29-32-35-39-43-48-52-57-62-73(4)5)72-95-99(88,89)93-68-74(81)67-92-98(86,87)94-71-75(69-90-77(82)63-58-53-47-17-14-11-8-3)96-79(84)65-60-55-50-45-41-37-31-25-23-21-19-16-13-10-7-2/h73-76,81H,6-72H2,1-5H3,(H,86,87)(H,88,89)/t74-,75+,76+/m0/s1. The molecule has 99 heavy (non-hydrogen) atoms. The second-order valence-electron chi connectivity index (χ2n) is 29.3. The molecule has 0 bridgehead atoms. The Bertz CT molecular complexity index is 1890. The van der Waals surface area contributed by atoms with Crippen molar-refractivity contribution in [2.75, 3.05) is 39.6 Å². The zero-order valence-corrected chi connectivity index (χ0v) is 66.4. The maximum absolute atomic E-state index is 13.1. The largest absolute Gasteiger partial charge is 0.472 e. The van der Waals surface area contributed by atoms with E-state index < -0.39 is 97.5 Å². The van der Waals surface area contributed by atoms with E-state index in [4.69, 9.17) is 37.0 Å². The summed E-state index contributed by atoms with van der Waals surface area (Å²) in [4.78, 5) is 72.8. The average molecular weight is 1450 g/mol. The first kappa shape index (κ1) is 97.1. The first-order chi connectivity index (χ1) is 48.0. The van der Waals surface area contributed by atoms with E-state index in [9.17, 15) is 43.2 Å². The Kier molecular flexibility index (Phi) is 71.6. The second kappa shape index (κ2) is 73.0. The minimum atomic E-state index is -4.96. The van der Waals surface area contributed by atoms with Gasteiger partial charge < -0.3 is 33.8 Å². The van der Waals surface area contributed by atoms with Crippen LogP contribution >= 0.6 is 15.6 Å². The summed E-state index contributed by atoms with van der Waals surface area (Å²) in [5.74, 6) is -1.30. The highest BCUT2D eigenvalue weighted by atomic mass is 31.2. The first-order valence-corrected chi connectivity index (χ1v) is 44.6. The van der Waals surface area contributed by atoms with Crippen LogP contribution in [0.4, 0.5) is 0 Å². The lowest BCUT2D eigenvalue weighted by Crippen LogP contribution is -2.30. The predicted molar refractivity (Wildman–Crippen MR) is 405 cm³/mol. The van der Waals surface area contributed by atoms with Crippen LogP contribution < -0.4 is 0 Å². The Labute approximate surface area is 607 Å². The minimum absolute atomic E-state index is 0.108. The molecule has 0 spiro atoms. The molecule has 0 saturated carbocycles. The van der Waals surface area contributed by atoms with E-state index in [0.717, 1.165) is 109 Å². The Hall–Kier alpha value is -1.94. The van der Waals surface area contributed by atoms with Crippen molar-refractivity contribution in [2.24, 2.45) is 5.92 Å². The molecule has 588 valence electrons. The van der Waals surface area contributed by atoms with Crippen molar-refractivity contribution in [3.63, 3.8) is 0 Å². The fraction of sp³-hybridized carbons (Fsp3) is 0.950. The number of ether oxygens (including phenoxy) is 4. The molecule has 0 aromatic heterocycles. The Morgan fingerprint density at radius 3 is 0.687 bits per heavy atom. The number of carbonyl (C=O) groups excluding carboxylic acids is 4. The highest BCUT2D eigenvalue weighted by molar-refractivity contribution is 7.47. The van der Waals surface area contributed by atoms with E-state index in [0.29, 0.717) is 25.7 Å². The molecule has 0 heterocycles. The van der Waals surface area contributed by atoms with Crippen LogP contribution in [0.3, 0.4) is 0 Å². The van der Waals surface area contributed by atoms with Gasteiger partial charge in [0.1, 0.15) is 19.3 Å². The van der Waals surface area contributed by atoms with Gasteiger partial charge in [0.15, 0.2) is 12.2 Å². The van der Waals surface area contributed by atoms with Crippen molar-refractivity contribution in [3.05, 3.63) is 0 Å². The SMILES string of the molecule is CCCCCCCCCCCCCCCCCCCCC(=O)OC[C@H](COP(=O)(O)OC[C@@H](O)COP(=O)(O)OC[C@@H](COC(=O)CCCCCCCCC)OC(=O)CCCCCCCCCCCCCCCCC)OC(=O)CCCCCCCCCCCCCCCCCCC(C)C. The molecule has 0 saturated heterocycles. The average Bonchev–Trinajstić information content (AvgIpc) is 0.994. The van der Waals surface area contributed by atoms with Crippen LogP contribution in [0.25, 0.3) is 0 Å². The molecule has 0 aliphatic heterocycles. The van der Waals surface area contributed by atoms with Gasteiger partial charge in [-0.15, -0.1) is 0 Å². The topological polar surface area (TPSA) is 237 Å². The van der Waals surface area contributed by atoms with Crippen LogP contribution in [0.2, 0.25) is 0 Å². The number of phosphoric acid groups is 2. The van der Waals surface area contributed by atoms with Crippen LogP contribution in [0.15, 0.2) is 0 Å². The summed E-state index contributed by atoms with van der Waals surface area (Å²) in [5, 5.41) is 10.6. The molecule has 5 atom stereocenters. The van der Waals surface area contributed by atoms with Crippen molar-refractivity contribution in [3.8, 4) is 0 Å². The van der Waals surface area contributed by atoms with Gasteiger partial charge in [0, 0.05) is 25.7 Å². The van der Waals surface area contributed by atoms with Gasteiger partial charge >= 0.3 is 39.5 Å². The fourth-order valence-corrected chi connectivity index (χ4v) is 14.0. The number of esters is 4. The summed E-state index contributed by atoms with van der Waals surface area (Å²) in [5.41, 5.74) is 0. The van der Waals surface area contributed by atoms with Crippen LogP contribution in [0.5, 0.6) is 0 Å². The van der Waals surface area contributed by atoms with Crippen molar-refractivity contribution in [1.82, 2.24) is 0 Å². The van der Waals surface area contributed by atoms with Gasteiger partial charge in [-0.1, -0.05) is 375 Å². The highest BCUT2D eigenvalue weighted by Crippen LogP contribution is 2.45. The second-order valence-corrected chi connectivity index (χ2v) is 32.2. The summed E-state index contributed by atoms with van der Waals surface area (Å²) in [6.07, 6.45) is 64.0. The fourth-order valence-electron chi connectivity index (χ4n) is 12.4. The zero-order chi connectivity index (χ0) is 72.7. The maximum Gasteiger partial charge on any atom is 0.472 e. The van der Waals surface area contributed by atoms with E-state index >= 15 is 0 Å².